The molecule has 0 saturated heterocycles. The number of hydrogen-bond donors (Lipinski definition) is 1. The van der Waals surface area contributed by atoms with Gasteiger partial charge in [0.1, 0.15) is 11.3 Å². The summed E-state index contributed by atoms with van der Waals surface area (Å²) < 4.78 is 11.3. The van der Waals surface area contributed by atoms with Gasteiger partial charge in [0, 0.05) is 30.2 Å². The molecular formula is C22H14NO5+. The highest BCUT2D eigenvalue weighted by Gasteiger charge is 2.41. The second-order valence-electron chi connectivity index (χ2n) is 6.66. The van der Waals surface area contributed by atoms with E-state index in [0.29, 0.717) is 17.0 Å². The predicted octanol–water partition coefficient (Wildman–Crippen LogP) is 1.43. The number of rotatable bonds is 1. The van der Waals surface area contributed by atoms with E-state index >= 15 is 0 Å². The van der Waals surface area contributed by atoms with Crippen LogP contribution in [0.2, 0.25) is 0 Å². The number of ketones is 2. The summed E-state index contributed by atoms with van der Waals surface area (Å²) in [5.41, 5.74) is 2.00. The number of carbonyl (C=O) groups is 3. The van der Waals surface area contributed by atoms with Gasteiger partial charge in [0.05, 0.1) is 5.56 Å². The van der Waals surface area contributed by atoms with Crippen molar-refractivity contribution in [3.05, 3.63) is 76.9 Å². The van der Waals surface area contributed by atoms with Gasteiger partial charge in [-0.3, -0.25) is 14.4 Å². The molecule has 1 aliphatic heterocycles. The molecule has 2 aromatic rings. The minimum Gasteiger partial charge on any atom is -0.468 e. The van der Waals surface area contributed by atoms with Crippen molar-refractivity contribution < 1.29 is 28.8 Å². The van der Waals surface area contributed by atoms with Gasteiger partial charge >= 0.3 is 5.97 Å². The van der Waals surface area contributed by atoms with Crippen molar-refractivity contribution >= 4 is 28.9 Å². The lowest BCUT2D eigenvalue weighted by Gasteiger charge is -2.25. The minimum atomic E-state index is -0.585. The zero-order valence-electron chi connectivity index (χ0n) is 14.8. The zero-order chi connectivity index (χ0) is 19.4. The van der Waals surface area contributed by atoms with Crippen molar-refractivity contribution in [3.8, 4) is 11.5 Å². The van der Waals surface area contributed by atoms with Gasteiger partial charge < -0.3 is 9.47 Å². The SMILES string of the molecule is CC(=O)Oc1cc2c(c3c1C(=O)c1ccccc1C3=O)[NH+]=C1C=CC=CC1O2. The molecule has 1 heterocycles. The molecule has 0 saturated carbocycles. The molecule has 2 aromatic carbocycles. The van der Waals surface area contributed by atoms with Crippen LogP contribution in [0.15, 0.2) is 54.6 Å². The quantitative estimate of drug-likeness (QED) is 0.516. The van der Waals surface area contributed by atoms with Gasteiger partial charge in [0.15, 0.2) is 11.5 Å². The van der Waals surface area contributed by atoms with Crippen LogP contribution in [-0.4, -0.2) is 29.4 Å². The summed E-state index contributed by atoms with van der Waals surface area (Å²) in [4.78, 5) is 41.3. The van der Waals surface area contributed by atoms with E-state index in [9.17, 15) is 14.4 Å². The van der Waals surface area contributed by atoms with Gasteiger partial charge in [0.25, 0.3) is 5.69 Å². The first kappa shape index (κ1) is 16.4. The predicted molar refractivity (Wildman–Crippen MR) is 99.4 cm³/mol. The maximum Gasteiger partial charge on any atom is 0.308 e. The van der Waals surface area contributed by atoms with E-state index < -0.39 is 5.97 Å². The first-order chi connectivity index (χ1) is 13.5. The van der Waals surface area contributed by atoms with E-state index in [4.69, 9.17) is 9.47 Å². The Morgan fingerprint density at radius 3 is 2.50 bits per heavy atom. The van der Waals surface area contributed by atoms with Gasteiger partial charge in [-0.2, -0.15) is 0 Å². The van der Waals surface area contributed by atoms with E-state index in [1.165, 1.54) is 13.0 Å². The smallest absolute Gasteiger partial charge is 0.308 e. The van der Waals surface area contributed by atoms with Crippen molar-refractivity contribution in [2.45, 2.75) is 13.0 Å². The molecule has 136 valence electrons. The fourth-order valence-electron chi connectivity index (χ4n) is 3.71. The molecule has 0 radical (unpaired) electrons. The molecular weight excluding hydrogens is 358 g/mol. The molecule has 6 nitrogen and oxygen atoms in total. The van der Waals surface area contributed by atoms with Crippen LogP contribution in [0.5, 0.6) is 11.5 Å². The van der Waals surface area contributed by atoms with Crippen LogP contribution < -0.4 is 14.5 Å². The highest BCUT2D eigenvalue weighted by molar-refractivity contribution is 6.31. The summed E-state index contributed by atoms with van der Waals surface area (Å²) >= 11 is 0. The third-order valence-corrected chi connectivity index (χ3v) is 4.88. The lowest BCUT2D eigenvalue weighted by molar-refractivity contribution is -0.362. The Kier molecular flexibility index (Phi) is 3.42. The average molecular weight is 372 g/mol. The molecule has 5 rings (SSSR count). The molecule has 1 unspecified atom stereocenters. The fourth-order valence-corrected chi connectivity index (χ4v) is 3.71. The Morgan fingerprint density at radius 2 is 1.79 bits per heavy atom. The van der Waals surface area contributed by atoms with Crippen molar-refractivity contribution in [3.63, 3.8) is 0 Å². The van der Waals surface area contributed by atoms with E-state index in [0.717, 1.165) is 5.71 Å². The molecule has 2 aliphatic carbocycles. The van der Waals surface area contributed by atoms with Crippen molar-refractivity contribution in [1.82, 2.24) is 0 Å². The highest BCUT2D eigenvalue weighted by atomic mass is 16.5. The summed E-state index contributed by atoms with van der Waals surface area (Å²) in [6, 6.07) is 8.11. The third-order valence-electron chi connectivity index (χ3n) is 4.88. The standard InChI is InChI=1S/C22H13NO5/c1-11(24)27-16-10-17-20(23-14-8-4-5-9-15(14)28-17)19-18(16)21(25)12-6-2-3-7-13(12)22(19)26/h2-10,15H,1H3/p+1. The molecule has 0 fully saturated rings. The molecule has 1 N–H and O–H groups in total. The van der Waals surface area contributed by atoms with Crippen molar-refractivity contribution in [2.75, 3.05) is 0 Å². The van der Waals surface area contributed by atoms with E-state index in [2.05, 4.69) is 4.99 Å². The number of nitrogens with one attached hydrogen (secondary N) is 1. The normalized spacial score (nSPS) is 18.3. The number of esters is 1. The maximum absolute atomic E-state index is 13.3. The first-order valence-electron chi connectivity index (χ1n) is 8.78. The Hall–Kier alpha value is -3.80. The summed E-state index contributed by atoms with van der Waals surface area (Å²) in [7, 11) is 0. The van der Waals surface area contributed by atoms with Gasteiger partial charge in [-0.25, -0.2) is 4.99 Å². The number of hydrogen-bond acceptors (Lipinski definition) is 5. The van der Waals surface area contributed by atoms with Crippen LogP contribution in [-0.2, 0) is 4.79 Å². The van der Waals surface area contributed by atoms with Gasteiger partial charge in [0.2, 0.25) is 17.6 Å². The molecule has 6 heteroatoms. The Labute approximate surface area is 159 Å². The second kappa shape index (κ2) is 5.85. The van der Waals surface area contributed by atoms with Crippen LogP contribution in [0.1, 0.15) is 38.8 Å². The third kappa shape index (κ3) is 2.28. The minimum absolute atomic E-state index is 0.0229. The molecule has 1 atom stereocenters. The fraction of sp³-hybridized carbons (Fsp3) is 0.0909. The molecule has 28 heavy (non-hydrogen) atoms. The first-order valence-corrected chi connectivity index (χ1v) is 8.78. The van der Waals surface area contributed by atoms with E-state index in [-0.39, 0.29) is 40.1 Å². The monoisotopic (exact) mass is 372 g/mol. The largest absolute Gasteiger partial charge is 0.468 e. The van der Waals surface area contributed by atoms with E-state index in [1.807, 2.05) is 24.3 Å². The molecule has 0 aromatic heterocycles. The average Bonchev–Trinajstić information content (AvgIpc) is 2.69. The molecule has 0 bridgehead atoms. The summed E-state index contributed by atoms with van der Waals surface area (Å²) in [5.74, 6) is -0.894. The topological polar surface area (TPSA) is 83.6 Å². The number of fused-ring (bicyclic) bond motifs is 5. The molecule has 3 aliphatic rings. The summed E-state index contributed by atoms with van der Waals surface area (Å²) in [6.07, 6.45) is 7.08. The number of allylic oxidation sites excluding steroid dienone is 2. The zero-order valence-corrected chi connectivity index (χ0v) is 14.8. The van der Waals surface area contributed by atoms with Gasteiger partial charge in [-0.1, -0.05) is 36.4 Å². The molecule has 0 amide bonds. The lowest BCUT2D eigenvalue weighted by Crippen LogP contribution is -2.72. The maximum atomic E-state index is 13.3. The summed E-state index contributed by atoms with van der Waals surface area (Å²) in [5, 5.41) is 0. The number of benzene rings is 2. The van der Waals surface area contributed by atoms with Crippen molar-refractivity contribution in [1.29, 1.82) is 0 Å². The van der Waals surface area contributed by atoms with Gasteiger partial charge in [-0.05, 0) is 6.08 Å². The van der Waals surface area contributed by atoms with Gasteiger partial charge in [-0.15, -0.1) is 0 Å². The Balaban J connectivity index is 1.82. The number of ether oxygens (including phenoxy) is 2. The number of carbonyl (C=O) groups excluding carboxylic acids is 3. The van der Waals surface area contributed by atoms with Crippen LogP contribution >= 0.6 is 0 Å². The highest BCUT2D eigenvalue weighted by Crippen LogP contribution is 2.42. The Bertz CT molecular complexity index is 1190. The van der Waals surface area contributed by atoms with Crippen LogP contribution in [0, 0.1) is 0 Å². The molecule has 0 spiro atoms. The lowest BCUT2D eigenvalue weighted by atomic mass is 9.82. The van der Waals surface area contributed by atoms with Crippen molar-refractivity contribution in [2.24, 2.45) is 0 Å². The van der Waals surface area contributed by atoms with Crippen LogP contribution in [0.3, 0.4) is 0 Å². The summed E-state index contributed by atoms with van der Waals surface area (Å²) in [6.45, 7) is 1.24. The van der Waals surface area contributed by atoms with Crippen LogP contribution in [0.4, 0.5) is 5.69 Å². The van der Waals surface area contributed by atoms with Crippen LogP contribution in [0.25, 0.3) is 0 Å². The second-order valence-corrected chi connectivity index (χ2v) is 6.66. The van der Waals surface area contributed by atoms with E-state index in [1.54, 1.807) is 24.3 Å². The Morgan fingerprint density at radius 1 is 1.07 bits per heavy atom.